The van der Waals surface area contributed by atoms with Crippen LogP contribution in [0.2, 0.25) is 0 Å². The first kappa shape index (κ1) is 18.3. The van der Waals surface area contributed by atoms with Crippen LogP contribution in [0.25, 0.3) is 42.4 Å². The van der Waals surface area contributed by atoms with Gasteiger partial charge in [-0.2, -0.15) is 4.39 Å². The van der Waals surface area contributed by atoms with E-state index in [1.54, 1.807) is 6.07 Å². The van der Waals surface area contributed by atoms with Crippen molar-refractivity contribution in [3.8, 4) is 22.3 Å². The fourth-order valence-electron chi connectivity index (χ4n) is 4.73. The molecule has 1 aliphatic rings. The summed E-state index contributed by atoms with van der Waals surface area (Å²) in [5.74, 6) is 0. The second kappa shape index (κ2) is 7.04. The Bertz CT molecular complexity index is 1400. The van der Waals surface area contributed by atoms with Crippen LogP contribution >= 0.6 is 22.7 Å². The number of hydrogen-bond acceptors (Lipinski definition) is 2. The van der Waals surface area contributed by atoms with Crippen LogP contribution in [0.1, 0.15) is 29.3 Å². The molecule has 0 radical (unpaired) electrons. The third-order valence-electron chi connectivity index (χ3n) is 6.18. The van der Waals surface area contributed by atoms with E-state index >= 15 is 0 Å². The van der Waals surface area contributed by atoms with Gasteiger partial charge in [0.25, 0.3) is 0 Å². The molecular formula is C27H21FS2. The third kappa shape index (κ3) is 2.84. The summed E-state index contributed by atoms with van der Waals surface area (Å²) in [6, 6.07) is 21.9. The Morgan fingerprint density at radius 3 is 1.93 bits per heavy atom. The summed E-state index contributed by atoms with van der Waals surface area (Å²) in [6.07, 6.45) is 4.50. The molecule has 0 amide bonds. The molecule has 1 aliphatic carbocycles. The van der Waals surface area contributed by atoms with Crippen LogP contribution in [-0.2, 0) is 19.3 Å². The van der Waals surface area contributed by atoms with E-state index in [9.17, 15) is 4.39 Å². The summed E-state index contributed by atoms with van der Waals surface area (Å²) in [4.78, 5) is 1.44. The zero-order valence-electron chi connectivity index (χ0n) is 16.8. The van der Waals surface area contributed by atoms with E-state index < -0.39 is 0 Å². The van der Waals surface area contributed by atoms with Crippen LogP contribution < -0.4 is 0 Å². The Morgan fingerprint density at radius 1 is 0.667 bits per heavy atom. The molecule has 0 saturated carbocycles. The molecule has 3 aromatic carbocycles. The van der Waals surface area contributed by atoms with Crippen molar-refractivity contribution in [1.29, 1.82) is 0 Å². The van der Waals surface area contributed by atoms with E-state index in [0.717, 1.165) is 29.3 Å². The second-order valence-electron chi connectivity index (χ2n) is 8.13. The van der Waals surface area contributed by atoms with Crippen LogP contribution in [0.4, 0.5) is 4.39 Å². The maximum absolute atomic E-state index is 13.8. The monoisotopic (exact) mass is 428 g/mol. The summed E-state index contributed by atoms with van der Waals surface area (Å²) in [7, 11) is 0. The molecule has 3 heteroatoms. The van der Waals surface area contributed by atoms with Gasteiger partial charge in [-0.15, -0.1) is 22.7 Å². The number of aryl methyl sites for hydroxylation is 3. The molecule has 2 heterocycles. The molecule has 6 rings (SSSR count). The van der Waals surface area contributed by atoms with Crippen molar-refractivity contribution in [1.82, 2.24) is 0 Å². The summed E-state index contributed by atoms with van der Waals surface area (Å²) in [5.41, 5.74) is 7.97. The topological polar surface area (TPSA) is 0 Å². The zero-order valence-corrected chi connectivity index (χ0v) is 18.4. The summed E-state index contributed by atoms with van der Waals surface area (Å²) in [6.45, 7) is 2.23. The number of hydrogen-bond donors (Lipinski definition) is 0. The van der Waals surface area contributed by atoms with E-state index in [0.29, 0.717) is 0 Å². The maximum Gasteiger partial charge on any atom is 0.177 e. The average molecular weight is 429 g/mol. The maximum atomic E-state index is 13.8. The average Bonchev–Trinajstić information content (AvgIpc) is 3.31. The van der Waals surface area contributed by atoms with E-state index in [1.165, 1.54) is 66.1 Å². The Morgan fingerprint density at radius 2 is 1.27 bits per heavy atom. The van der Waals surface area contributed by atoms with Gasteiger partial charge in [0.2, 0.25) is 0 Å². The molecule has 0 bridgehead atoms. The van der Waals surface area contributed by atoms with Crippen molar-refractivity contribution in [2.75, 3.05) is 0 Å². The molecule has 2 aromatic heterocycles. The van der Waals surface area contributed by atoms with Gasteiger partial charge >= 0.3 is 0 Å². The van der Waals surface area contributed by atoms with Crippen LogP contribution in [0.3, 0.4) is 0 Å². The van der Waals surface area contributed by atoms with Gasteiger partial charge in [0.15, 0.2) is 5.13 Å². The Balaban J connectivity index is 1.30. The van der Waals surface area contributed by atoms with Crippen molar-refractivity contribution < 1.29 is 4.39 Å². The predicted molar refractivity (Wildman–Crippen MR) is 129 cm³/mol. The van der Waals surface area contributed by atoms with E-state index in [-0.39, 0.29) is 5.13 Å². The quantitative estimate of drug-likeness (QED) is 0.258. The summed E-state index contributed by atoms with van der Waals surface area (Å²) >= 11 is 3.14. The summed E-state index contributed by atoms with van der Waals surface area (Å²) in [5, 5.41) is 2.31. The highest BCUT2D eigenvalue weighted by Crippen LogP contribution is 2.55. The number of thiophene rings is 2. The first-order valence-electron chi connectivity index (χ1n) is 10.6. The number of fused-ring (bicyclic) bond motifs is 8. The predicted octanol–water partition coefficient (Wildman–Crippen LogP) is 8.64. The first-order chi connectivity index (χ1) is 14.7. The molecule has 0 nitrogen and oxygen atoms in total. The molecule has 0 N–H and O–H groups in total. The van der Waals surface area contributed by atoms with Gasteiger partial charge in [0.05, 0.1) is 0 Å². The molecule has 0 spiro atoms. The first-order valence-corrected chi connectivity index (χ1v) is 12.2. The van der Waals surface area contributed by atoms with Gasteiger partial charge in [-0.3, -0.25) is 0 Å². The summed E-state index contributed by atoms with van der Waals surface area (Å²) < 4.78 is 16.2. The minimum atomic E-state index is -0.103. The Labute approximate surface area is 183 Å². The van der Waals surface area contributed by atoms with Crippen molar-refractivity contribution in [2.45, 2.75) is 32.6 Å². The van der Waals surface area contributed by atoms with E-state index in [2.05, 4.69) is 61.5 Å². The molecule has 148 valence electrons. The van der Waals surface area contributed by atoms with E-state index in [4.69, 9.17) is 0 Å². The van der Waals surface area contributed by atoms with Crippen LogP contribution in [0.5, 0.6) is 0 Å². The van der Waals surface area contributed by atoms with Gasteiger partial charge in [-0.05, 0) is 76.9 Å². The van der Waals surface area contributed by atoms with Gasteiger partial charge in [0.1, 0.15) is 0 Å². The molecule has 5 aromatic rings. The van der Waals surface area contributed by atoms with E-state index in [1.807, 2.05) is 11.3 Å². The van der Waals surface area contributed by atoms with Crippen LogP contribution in [0, 0.1) is 5.13 Å². The molecule has 30 heavy (non-hydrogen) atoms. The Kier molecular flexibility index (Phi) is 4.29. The molecule has 0 atom stereocenters. The SMILES string of the molecule is CCCc1ccc(CCc2cc3c4c(ccc3s2)-c2c-4ccc3sc(F)cc23)cc1. The van der Waals surface area contributed by atoms with Crippen molar-refractivity contribution in [2.24, 2.45) is 0 Å². The smallest absolute Gasteiger partial charge is 0.177 e. The zero-order chi connectivity index (χ0) is 20.2. The standard InChI is InChI=1S/C27H21FS2/c1-2-3-16-4-6-17(7-5-16)8-9-18-14-21-23(29-18)12-10-19-26(21)20-11-13-24-22(27(19)20)15-25(28)30-24/h4-7,10-15H,2-3,8-9H2,1H3. The molecule has 0 fully saturated rings. The normalized spacial score (nSPS) is 12.2. The molecule has 0 unspecified atom stereocenters. The lowest BCUT2D eigenvalue weighted by molar-refractivity contribution is 0.658. The van der Waals surface area contributed by atoms with Gasteiger partial charge in [0, 0.05) is 25.0 Å². The number of halogens is 1. The lowest BCUT2D eigenvalue weighted by Crippen LogP contribution is -1.99. The highest BCUT2D eigenvalue weighted by molar-refractivity contribution is 7.19. The Hall–Kier alpha value is -2.49. The lowest BCUT2D eigenvalue weighted by Gasteiger charge is -2.25. The minimum absolute atomic E-state index is 0.103. The minimum Gasteiger partial charge on any atom is -0.195 e. The largest absolute Gasteiger partial charge is 0.195 e. The van der Waals surface area contributed by atoms with Gasteiger partial charge < -0.3 is 0 Å². The second-order valence-corrected chi connectivity index (χ2v) is 10.3. The fraction of sp³-hybridized carbons (Fsp3) is 0.185. The van der Waals surface area contributed by atoms with Gasteiger partial charge in [-0.1, -0.05) is 49.7 Å². The molecule has 0 aliphatic heterocycles. The lowest BCUT2D eigenvalue weighted by atomic mass is 9.77. The molecule has 0 saturated heterocycles. The van der Waals surface area contributed by atoms with Crippen LogP contribution in [-0.4, -0.2) is 0 Å². The fourth-order valence-corrected chi connectivity index (χ4v) is 6.60. The van der Waals surface area contributed by atoms with Gasteiger partial charge in [-0.25, -0.2) is 0 Å². The number of rotatable bonds is 5. The number of benzene rings is 3. The highest BCUT2D eigenvalue weighted by atomic mass is 32.1. The van der Waals surface area contributed by atoms with Crippen molar-refractivity contribution in [3.63, 3.8) is 0 Å². The molecular weight excluding hydrogens is 407 g/mol. The van der Waals surface area contributed by atoms with Crippen LogP contribution in [0.15, 0.2) is 60.7 Å². The van der Waals surface area contributed by atoms with Crippen molar-refractivity contribution >= 4 is 42.8 Å². The van der Waals surface area contributed by atoms with Crippen molar-refractivity contribution in [3.05, 3.63) is 81.8 Å². The third-order valence-corrected chi connectivity index (χ3v) is 8.23. The highest BCUT2D eigenvalue weighted by Gasteiger charge is 2.28.